The number of allylic oxidation sites excluding steroid dienone is 4. The van der Waals surface area contributed by atoms with Crippen LogP contribution in [0.2, 0.25) is 0 Å². The summed E-state index contributed by atoms with van der Waals surface area (Å²) in [5, 5.41) is 10.3. The van der Waals surface area contributed by atoms with Gasteiger partial charge in [-0.15, -0.1) is 0 Å². The molecule has 0 aliphatic carbocycles. The molecule has 0 fully saturated rings. The topological polar surface area (TPSA) is 139 Å². The second-order valence-electron chi connectivity index (χ2n) is 3.77. The number of carboxylic acid groups (broad SMARTS) is 1. The van der Waals surface area contributed by atoms with E-state index < -0.39 is 11.9 Å². The van der Waals surface area contributed by atoms with Gasteiger partial charge in [0, 0.05) is 5.57 Å². The van der Waals surface area contributed by atoms with Crippen LogP contribution >= 0.6 is 15.9 Å². The molecule has 9 heteroatoms. The Kier molecular flexibility index (Phi) is 30.9. The van der Waals surface area contributed by atoms with Crippen molar-refractivity contribution < 1.29 is 30.0 Å². The molecular formula is C16H33BrN3O5+. The van der Waals surface area contributed by atoms with Crippen molar-refractivity contribution in [3.05, 3.63) is 34.4 Å². The SMILES string of the molecule is C=C(/C=C(\C)Br)/C=C(\C)C(=O)OCON.CC.CNCC(=O)O.C[NH3+]. The number of halogens is 1. The van der Waals surface area contributed by atoms with Gasteiger partial charge in [0.1, 0.15) is 0 Å². The normalized spacial score (nSPS) is 9.96. The number of nitrogens with two attached hydrogens (primary N) is 1. The van der Waals surface area contributed by atoms with Crippen molar-refractivity contribution in [1.29, 1.82) is 0 Å². The number of ether oxygens (including phenoxy) is 1. The first-order valence-electron chi connectivity index (χ1n) is 7.51. The van der Waals surface area contributed by atoms with Crippen LogP contribution in [0, 0.1) is 0 Å². The minimum atomic E-state index is -0.822. The molecule has 0 saturated heterocycles. The van der Waals surface area contributed by atoms with Crippen LogP contribution < -0.4 is 16.9 Å². The lowest BCUT2D eigenvalue weighted by Crippen LogP contribution is -2.40. The van der Waals surface area contributed by atoms with Crippen LogP contribution in [0.15, 0.2) is 34.4 Å². The summed E-state index contributed by atoms with van der Waals surface area (Å²) in [6.07, 6.45) is 3.40. The van der Waals surface area contributed by atoms with Gasteiger partial charge in [-0.25, -0.2) is 10.7 Å². The van der Waals surface area contributed by atoms with Crippen molar-refractivity contribution in [3.63, 3.8) is 0 Å². The van der Waals surface area contributed by atoms with Crippen LogP contribution in [0.5, 0.6) is 0 Å². The predicted octanol–water partition coefficient (Wildman–Crippen LogP) is 1.35. The van der Waals surface area contributed by atoms with Crippen LogP contribution in [0.25, 0.3) is 0 Å². The van der Waals surface area contributed by atoms with Crippen LogP contribution in [0.3, 0.4) is 0 Å². The smallest absolute Gasteiger partial charge is 0.335 e. The van der Waals surface area contributed by atoms with Gasteiger partial charge in [-0.1, -0.05) is 36.4 Å². The Morgan fingerprint density at radius 3 is 2.04 bits per heavy atom. The number of quaternary nitrogens is 1. The first kappa shape index (κ1) is 31.3. The molecular weight excluding hydrogens is 394 g/mol. The number of likely N-dealkylation sites (N-methyl/N-ethyl adjacent to an activating group) is 1. The zero-order valence-electron chi connectivity index (χ0n) is 16.0. The van der Waals surface area contributed by atoms with E-state index in [0.29, 0.717) is 11.1 Å². The maximum Gasteiger partial charge on any atom is 0.335 e. The number of carbonyl (C=O) groups is 2. The third-order valence-electron chi connectivity index (χ3n) is 1.69. The lowest BCUT2D eigenvalue weighted by atomic mass is 10.2. The lowest BCUT2D eigenvalue weighted by Gasteiger charge is -2.02. The summed E-state index contributed by atoms with van der Waals surface area (Å²) in [7, 11) is 3.34. The summed E-state index contributed by atoms with van der Waals surface area (Å²) in [5.74, 6) is 3.41. The third-order valence-corrected chi connectivity index (χ3v) is 1.92. The van der Waals surface area contributed by atoms with Gasteiger partial charge in [-0.3, -0.25) is 9.63 Å². The quantitative estimate of drug-likeness (QED) is 0.158. The van der Waals surface area contributed by atoms with Crippen molar-refractivity contribution in [1.82, 2.24) is 5.32 Å². The van der Waals surface area contributed by atoms with E-state index in [1.807, 2.05) is 20.8 Å². The molecule has 0 heterocycles. The minimum absolute atomic E-state index is 0.0417. The largest absolute Gasteiger partial charge is 0.480 e. The van der Waals surface area contributed by atoms with Gasteiger partial charge >= 0.3 is 11.9 Å². The summed E-state index contributed by atoms with van der Waals surface area (Å²) >= 11 is 3.26. The molecule has 0 rings (SSSR count). The first-order valence-corrected chi connectivity index (χ1v) is 8.30. The summed E-state index contributed by atoms with van der Waals surface area (Å²) in [6, 6.07) is 0. The molecule has 0 bridgehead atoms. The van der Waals surface area contributed by atoms with Crippen LogP contribution in [-0.4, -0.2) is 44.5 Å². The van der Waals surface area contributed by atoms with Gasteiger partial charge in [0.05, 0.1) is 13.6 Å². The monoisotopic (exact) mass is 426 g/mol. The van der Waals surface area contributed by atoms with Crippen molar-refractivity contribution >= 4 is 27.9 Å². The molecule has 148 valence electrons. The summed E-state index contributed by atoms with van der Waals surface area (Å²) < 4.78 is 5.56. The van der Waals surface area contributed by atoms with Crippen LogP contribution in [0.4, 0.5) is 0 Å². The Morgan fingerprint density at radius 2 is 1.76 bits per heavy atom. The van der Waals surface area contributed by atoms with E-state index >= 15 is 0 Å². The number of carbonyl (C=O) groups excluding carboxylic acids is 1. The van der Waals surface area contributed by atoms with E-state index in [1.165, 1.54) is 0 Å². The van der Waals surface area contributed by atoms with Gasteiger partial charge in [0.25, 0.3) is 0 Å². The maximum atomic E-state index is 11.2. The molecule has 0 aliphatic rings. The fourth-order valence-corrected chi connectivity index (χ4v) is 1.28. The Hall–Kier alpha value is -1.52. The number of nitrogens with one attached hydrogen (secondary N) is 1. The van der Waals surface area contributed by atoms with Crippen molar-refractivity contribution in [2.75, 3.05) is 27.4 Å². The molecule has 0 amide bonds. The van der Waals surface area contributed by atoms with Gasteiger partial charge in [-0.05, 0) is 43.1 Å². The number of carboxylic acids is 1. The van der Waals surface area contributed by atoms with Crippen molar-refractivity contribution in [2.45, 2.75) is 27.7 Å². The molecule has 0 atom stereocenters. The molecule has 7 N–H and O–H groups in total. The Labute approximate surface area is 159 Å². The molecule has 25 heavy (non-hydrogen) atoms. The Morgan fingerprint density at radius 1 is 1.28 bits per heavy atom. The van der Waals surface area contributed by atoms with Crippen molar-refractivity contribution in [3.8, 4) is 0 Å². The van der Waals surface area contributed by atoms with E-state index in [1.54, 1.807) is 33.2 Å². The molecule has 0 spiro atoms. The summed E-state index contributed by atoms with van der Waals surface area (Å²) in [6.45, 7) is 11.0. The minimum Gasteiger partial charge on any atom is -0.480 e. The van der Waals surface area contributed by atoms with Gasteiger partial charge in [0.15, 0.2) is 0 Å². The highest BCUT2D eigenvalue weighted by atomic mass is 79.9. The second kappa shape index (κ2) is 24.7. The van der Waals surface area contributed by atoms with E-state index in [2.05, 4.69) is 43.1 Å². The number of aliphatic carboxylic acids is 1. The zero-order valence-corrected chi connectivity index (χ0v) is 17.6. The Bertz CT molecular complexity index is 420. The average molecular weight is 427 g/mol. The molecule has 0 aliphatic heterocycles. The fraction of sp³-hybridized carbons (Fsp3) is 0.500. The first-order chi connectivity index (χ1) is 11.7. The van der Waals surface area contributed by atoms with E-state index in [0.717, 1.165) is 4.48 Å². The summed E-state index contributed by atoms with van der Waals surface area (Å²) in [5.41, 5.74) is 4.38. The molecule has 0 aromatic rings. The Balaban J connectivity index is -0.000000184. The molecule has 0 aromatic carbocycles. The predicted molar refractivity (Wildman–Crippen MR) is 104 cm³/mol. The molecule has 0 unspecified atom stereocenters. The second-order valence-corrected chi connectivity index (χ2v) is 5.02. The molecule has 0 radical (unpaired) electrons. The van der Waals surface area contributed by atoms with Gasteiger partial charge < -0.3 is 20.9 Å². The standard InChI is InChI=1S/C10H14BrNO3.C3H7NO2.C2H6.CH5N/c1-7(5-9(3)11)4-8(2)10(13)14-6-15-12;1-4-2-3(5)6;2*1-2/h4-5H,1,6,12H2,2-3H3;4H,2H2,1H3,(H,5,6);1-2H3;2H2,1H3/p+1/b8-4+,9-5+;;;. The molecule has 0 saturated carbocycles. The number of hydrogen-bond donors (Lipinski definition) is 4. The average Bonchev–Trinajstić information content (AvgIpc) is 2.55. The molecule has 8 nitrogen and oxygen atoms in total. The lowest BCUT2D eigenvalue weighted by molar-refractivity contribution is -0.325. The highest BCUT2D eigenvalue weighted by molar-refractivity contribution is 9.11. The number of hydrogen-bond acceptors (Lipinski definition) is 6. The third kappa shape index (κ3) is 30.9. The number of esters is 1. The highest BCUT2D eigenvalue weighted by Crippen LogP contribution is 2.10. The molecule has 0 aromatic heterocycles. The zero-order chi connectivity index (χ0) is 20.8. The van der Waals surface area contributed by atoms with E-state index in [4.69, 9.17) is 11.0 Å². The van der Waals surface area contributed by atoms with Gasteiger partial charge in [0.2, 0.25) is 6.79 Å². The van der Waals surface area contributed by atoms with Gasteiger partial charge in [-0.2, -0.15) is 0 Å². The van der Waals surface area contributed by atoms with Crippen LogP contribution in [-0.2, 0) is 19.2 Å². The van der Waals surface area contributed by atoms with E-state index in [9.17, 15) is 9.59 Å². The number of rotatable bonds is 7. The van der Waals surface area contributed by atoms with E-state index in [-0.39, 0.29) is 13.3 Å². The van der Waals surface area contributed by atoms with Crippen molar-refractivity contribution in [2.24, 2.45) is 5.90 Å². The van der Waals surface area contributed by atoms with Crippen LogP contribution in [0.1, 0.15) is 27.7 Å². The summed E-state index contributed by atoms with van der Waals surface area (Å²) in [4.78, 5) is 24.9. The highest BCUT2D eigenvalue weighted by Gasteiger charge is 2.04. The fourth-order valence-electron chi connectivity index (χ4n) is 0.987. The maximum absolute atomic E-state index is 11.2.